The molecule has 0 amide bonds. The van der Waals surface area contributed by atoms with Crippen LogP contribution in [-0.4, -0.2) is 31.5 Å². The van der Waals surface area contributed by atoms with Gasteiger partial charge in [0.05, 0.1) is 12.0 Å². The number of halogens is 3. The molecule has 2 aliphatic carbocycles. The topological polar surface area (TPSA) is 21.3 Å². The highest BCUT2D eigenvalue weighted by atomic mass is 19.4. The van der Waals surface area contributed by atoms with Crippen LogP contribution in [0.25, 0.3) is 0 Å². The molecular formula is C12H20F3NO. The number of rotatable bonds is 3. The second kappa shape index (κ2) is 5.14. The Hall–Kier alpha value is -0.290. The molecule has 2 unspecified atom stereocenters. The van der Waals surface area contributed by atoms with E-state index in [-0.39, 0.29) is 12.5 Å². The number of ether oxygens (including phenoxy) is 1. The van der Waals surface area contributed by atoms with Crippen molar-refractivity contribution in [3.05, 3.63) is 0 Å². The molecule has 0 aromatic heterocycles. The Labute approximate surface area is 99.9 Å². The Balaban J connectivity index is 1.75. The van der Waals surface area contributed by atoms with Gasteiger partial charge >= 0.3 is 6.18 Å². The molecule has 0 bridgehead atoms. The number of nitrogens with one attached hydrogen (secondary N) is 1. The van der Waals surface area contributed by atoms with E-state index < -0.39 is 12.1 Å². The van der Waals surface area contributed by atoms with Gasteiger partial charge in [-0.25, -0.2) is 0 Å². The van der Waals surface area contributed by atoms with Crippen molar-refractivity contribution < 1.29 is 17.9 Å². The summed E-state index contributed by atoms with van der Waals surface area (Å²) in [6, 6.07) is 0.398. The van der Waals surface area contributed by atoms with Gasteiger partial charge in [-0.15, -0.1) is 0 Å². The van der Waals surface area contributed by atoms with Crippen molar-refractivity contribution >= 4 is 0 Å². The predicted molar refractivity (Wildman–Crippen MR) is 58.8 cm³/mol. The molecule has 2 aliphatic rings. The highest BCUT2D eigenvalue weighted by Crippen LogP contribution is 2.38. The van der Waals surface area contributed by atoms with E-state index in [1.807, 2.05) is 0 Å². The molecule has 0 aromatic carbocycles. The minimum absolute atomic E-state index is 0.0400. The van der Waals surface area contributed by atoms with Crippen molar-refractivity contribution in [2.45, 2.75) is 62.9 Å². The van der Waals surface area contributed by atoms with E-state index in [4.69, 9.17) is 4.74 Å². The second-order valence-corrected chi connectivity index (χ2v) is 5.29. The quantitative estimate of drug-likeness (QED) is 0.832. The van der Waals surface area contributed by atoms with Crippen LogP contribution in [0.4, 0.5) is 13.2 Å². The summed E-state index contributed by atoms with van der Waals surface area (Å²) in [6.07, 6.45) is 0.255. The van der Waals surface area contributed by atoms with Crippen LogP contribution in [0.5, 0.6) is 0 Å². The number of hydrogen-bond acceptors (Lipinski definition) is 2. The van der Waals surface area contributed by atoms with Crippen LogP contribution in [0.1, 0.15) is 38.5 Å². The minimum atomic E-state index is -4.02. The lowest BCUT2D eigenvalue weighted by Crippen LogP contribution is -2.51. The zero-order chi connectivity index (χ0) is 12.5. The molecule has 2 nitrogen and oxygen atoms in total. The SMILES string of the molecule is COC1CC(NC2CCCC(C(F)(F)F)C2)C1. The molecule has 0 radical (unpaired) electrons. The van der Waals surface area contributed by atoms with Gasteiger partial charge < -0.3 is 10.1 Å². The smallest absolute Gasteiger partial charge is 0.381 e. The first-order valence-corrected chi connectivity index (χ1v) is 6.34. The van der Waals surface area contributed by atoms with Gasteiger partial charge in [-0.05, 0) is 32.1 Å². The molecular weight excluding hydrogens is 231 g/mol. The van der Waals surface area contributed by atoms with Gasteiger partial charge in [0.2, 0.25) is 0 Å². The van der Waals surface area contributed by atoms with Crippen LogP contribution < -0.4 is 5.32 Å². The van der Waals surface area contributed by atoms with E-state index in [1.165, 1.54) is 0 Å². The summed E-state index contributed by atoms with van der Waals surface area (Å²) in [4.78, 5) is 0. The van der Waals surface area contributed by atoms with E-state index in [2.05, 4.69) is 5.32 Å². The first-order chi connectivity index (χ1) is 7.99. The molecule has 0 spiro atoms. The average molecular weight is 251 g/mol. The van der Waals surface area contributed by atoms with Gasteiger partial charge in [-0.2, -0.15) is 13.2 Å². The van der Waals surface area contributed by atoms with E-state index >= 15 is 0 Å². The van der Waals surface area contributed by atoms with Gasteiger partial charge in [0, 0.05) is 19.2 Å². The fourth-order valence-electron chi connectivity index (χ4n) is 2.87. The van der Waals surface area contributed by atoms with Crippen LogP contribution in [-0.2, 0) is 4.74 Å². The average Bonchev–Trinajstić information content (AvgIpc) is 2.22. The van der Waals surface area contributed by atoms with Gasteiger partial charge in [0.1, 0.15) is 0 Å². The van der Waals surface area contributed by atoms with E-state index in [0.29, 0.717) is 25.0 Å². The lowest BCUT2D eigenvalue weighted by atomic mass is 9.82. The minimum Gasteiger partial charge on any atom is -0.381 e. The first kappa shape index (κ1) is 13.1. The summed E-state index contributed by atoms with van der Waals surface area (Å²) in [5, 5.41) is 3.34. The lowest BCUT2D eigenvalue weighted by molar-refractivity contribution is -0.184. The van der Waals surface area contributed by atoms with Crippen molar-refractivity contribution in [1.29, 1.82) is 0 Å². The maximum atomic E-state index is 12.6. The molecule has 17 heavy (non-hydrogen) atoms. The Morgan fingerprint density at radius 1 is 1.06 bits per heavy atom. The van der Waals surface area contributed by atoms with Crippen LogP contribution in [0.3, 0.4) is 0 Å². The lowest BCUT2D eigenvalue weighted by Gasteiger charge is -2.40. The molecule has 0 saturated heterocycles. The highest BCUT2D eigenvalue weighted by molar-refractivity contribution is 4.90. The van der Waals surface area contributed by atoms with Crippen LogP contribution >= 0.6 is 0 Å². The molecule has 2 fully saturated rings. The maximum Gasteiger partial charge on any atom is 0.391 e. The summed E-state index contributed by atoms with van der Waals surface area (Å²) in [5.74, 6) is -1.10. The molecule has 2 rings (SSSR count). The Morgan fingerprint density at radius 2 is 1.76 bits per heavy atom. The van der Waals surface area contributed by atoms with E-state index in [1.54, 1.807) is 7.11 Å². The third-order valence-corrected chi connectivity index (χ3v) is 4.04. The molecule has 0 heterocycles. The Kier molecular flexibility index (Phi) is 3.98. The van der Waals surface area contributed by atoms with E-state index in [9.17, 15) is 13.2 Å². The fourth-order valence-corrected chi connectivity index (χ4v) is 2.87. The molecule has 1 N–H and O–H groups in total. The summed E-state index contributed by atoms with van der Waals surface area (Å²) in [5.41, 5.74) is 0. The van der Waals surface area contributed by atoms with Gasteiger partial charge in [0.15, 0.2) is 0 Å². The van der Waals surface area contributed by atoms with Crippen LogP contribution in [0, 0.1) is 5.92 Å². The first-order valence-electron chi connectivity index (χ1n) is 6.34. The number of methoxy groups -OCH3 is 1. The van der Waals surface area contributed by atoms with Gasteiger partial charge in [0.25, 0.3) is 0 Å². The fraction of sp³-hybridized carbons (Fsp3) is 1.00. The summed E-state index contributed by atoms with van der Waals surface area (Å²) in [6.45, 7) is 0. The van der Waals surface area contributed by atoms with Crippen molar-refractivity contribution in [2.75, 3.05) is 7.11 Å². The van der Waals surface area contributed by atoms with Crippen molar-refractivity contribution in [1.82, 2.24) is 5.32 Å². The zero-order valence-corrected chi connectivity index (χ0v) is 10.1. The summed E-state index contributed by atoms with van der Waals surface area (Å²) < 4.78 is 43.0. The Bertz CT molecular complexity index is 251. The van der Waals surface area contributed by atoms with Gasteiger partial charge in [-0.1, -0.05) is 6.42 Å². The number of hydrogen-bond donors (Lipinski definition) is 1. The highest BCUT2D eigenvalue weighted by Gasteiger charge is 2.43. The third kappa shape index (κ3) is 3.35. The molecule has 100 valence electrons. The molecule has 2 atom stereocenters. The second-order valence-electron chi connectivity index (χ2n) is 5.29. The largest absolute Gasteiger partial charge is 0.391 e. The van der Waals surface area contributed by atoms with Crippen LogP contribution in [0.2, 0.25) is 0 Å². The summed E-state index contributed by atoms with van der Waals surface area (Å²) in [7, 11) is 1.68. The molecule has 2 saturated carbocycles. The van der Waals surface area contributed by atoms with Crippen molar-refractivity contribution in [3.8, 4) is 0 Å². The van der Waals surface area contributed by atoms with Crippen molar-refractivity contribution in [2.24, 2.45) is 5.92 Å². The normalized spacial score (nSPS) is 38.8. The van der Waals surface area contributed by atoms with E-state index in [0.717, 1.165) is 19.3 Å². The zero-order valence-electron chi connectivity index (χ0n) is 10.1. The number of alkyl halides is 3. The predicted octanol–water partition coefficient (Wildman–Crippen LogP) is 2.87. The molecule has 5 heteroatoms. The third-order valence-electron chi connectivity index (χ3n) is 4.04. The molecule has 0 aliphatic heterocycles. The summed E-state index contributed by atoms with van der Waals surface area (Å²) >= 11 is 0. The monoisotopic (exact) mass is 251 g/mol. The standard InChI is InChI=1S/C12H20F3NO/c1-17-11-6-10(7-11)16-9-4-2-3-8(5-9)12(13,14)15/h8-11,16H,2-7H2,1H3. The van der Waals surface area contributed by atoms with Gasteiger partial charge in [-0.3, -0.25) is 0 Å². The van der Waals surface area contributed by atoms with Crippen LogP contribution in [0.15, 0.2) is 0 Å². The van der Waals surface area contributed by atoms with Crippen molar-refractivity contribution in [3.63, 3.8) is 0 Å². The Morgan fingerprint density at radius 3 is 2.35 bits per heavy atom. The molecule has 0 aromatic rings. The maximum absolute atomic E-state index is 12.6.